The minimum atomic E-state index is -0.00317. The summed E-state index contributed by atoms with van der Waals surface area (Å²) in [7, 11) is 3.67. The van der Waals surface area contributed by atoms with Crippen LogP contribution in [0.4, 0.5) is 0 Å². The van der Waals surface area contributed by atoms with E-state index >= 15 is 0 Å². The summed E-state index contributed by atoms with van der Waals surface area (Å²) in [5.74, 6) is 0.652. The Morgan fingerprint density at radius 3 is 2.62 bits per heavy atom. The number of phenols is 1. The summed E-state index contributed by atoms with van der Waals surface area (Å²) >= 11 is 0. The number of nitrogens with zero attached hydrogens (tertiary/aromatic N) is 1. The van der Waals surface area contributed by atoms with E-state index in [0.29, 0.717) is 12.3 Å². The zero-order valence-electron chi connectivity index (χ0n) is 12.9. The number of phenolic OH excluding ortho intramolecular Hbond substituents is 1. The molecule has 1 heterocycles. The fourth-order valence-corrected chi connectivity index (χ4v) is 2.91. The van der Waals surface area contributed by atoms with Crippen LogP contribution in [-0.4, -0.2) is 54.5 Å². The summed E-state index contributed by atoms with van der Waals surface area (Å²) in [6, 6.07) is 5.46. The van der Waals surface area contributed by atoms with Crippen LogP contribution in [0.1, 0.15) is 24.8 Å². The van der Waals surface area contributed by atoms with E-state index in [0.717, 1.165) is 37.9 Å². The minimum absolute atomic E-state index is 0.00317. The van der Waals surface area contributed by atoms with Gasteiger partial charge < -0.3 is 25.2 Å². The number of aliphatic hydroxyl groups excluding tert-OH is 1. The Morgan fingerprint density at radius 2 is 2.05 bits per heavy atom. The third-order valence-corrected chi connectivity index (χ3v) is 4.45. The number of hydrogen-bond donors (Lipinski definition) is 3. The second kappa shape index (κ2) is 7.11. The van der Waals surface area contributed by atoms with E-state index < -0.39 is 0 Å². The standard InChI is InChI=1S/C16H26N2O3/c1-18-8-5-16(6-9-18,7-10-19)17-12-13-3-4-15(21-2)14(20)11-13/h3-4,11,17,19-20H,5-10,12H2,1-2H3. The van der Waals surface area contributed by atoms with E-state index in [9.17, 15) is 10.2 Å². The molecule has 0 aromatic heterocycles. The summed E-state index contributed by atoms with van der Waals surface area (Å²) in [4.78, 5) is 2.32. The van der Waals surface area contributed by atoms with Crippen molar-refractivity contribution < 1.29 is 14.9 Å². The maximum atomic E-state index is 9.83. The number of nitrogens with one attached hydrogen (secondary N) is 1. The summed E-state index contributed by atoms with van der Waals surface area (Å²) in [5.41, 5.74) is 1.01. The average Bonchev–Trinajstić information content (AvgIpc) is 2.49. The highest BCUT2D eigenvalue weighted by Gasteiger charge is 2.32. The number of aliphatic hydroxyl groups is 1. The Labute approximate surface area is 126 Å². The van der Waals surface area contributed by atoms with Crippen LogP contribution in [0.3, 0.4) is 0 Å². The summed E-state index contributed by atoms with van der Waals surface area (Å²) < 4.78 is 5.06. The Morgan fingerprint density at radius 1 is 1.33 bits per heavy atom. The number of piperidine rings is 1. The Kier molecular flexibility index (Phi) is 5.45. The quantitative estimate of drug-likeness (QED) is 0.739. The topological polar surface area (TPSA) is 65.0 Å². The van der Waals surface area contributed by atoms with Gasteiger partial charge in [0.15, 0.2) is 11.5 Å². The van der Waals surface area contributed by atoms with Crippen LogP contribution in [0.2, 0.25) is 0 Å². The van der Waals surface area contributed by atoms with Crippen molar-refractivity contribution in [2.45, 2.75) is 31.3 Å². The average molecular weight is 294 g/mol. The molecule has 3 N–H and O–H groups in total. The zero-order valence-corrected chi connectivity index (χ0v) is 12.9. The smallest absolute Gasteiger partial charge is 0.160 e. The second-order valence-electron chi connectivity index (χ2n) is 5.92. The van der Waals surface area contributed by atoms with Crippen molar-refractivity contribution >= 4 is 0 Å². The fraction of sp³-hybridized carbons (Fsp3) is 0.625. The van der Waals surface area contributed by atoms with Crippen molar-refractivity contribution in [2.24, 2.45) is 0 Å². The molecule has 5 heteroatoms. The van der Waals surface area contributed by atoms with Gasteiger partial charge in [0.1, 0.15) is 0 Å². The molecule has 0 bridgehead atoms. The Balaban J connectivity index is 2.00. The molecule has 0 spiro atoms. The molecule has 0 amide bonds. The lowest BCUT2D eigenvalue weighted by Gasteiger charge is -2.41. The molecule has 1 saturated heterocycles. The number of ether oxygens (including phenoxy) is 1. The van der Waals surface area contributed by atoms with Gasteiger partial charge in [0.2, 0.25) is 0 Å². The molecule has 118 valence electrons. The van der Waals surface area contributed by atoms with Crippen LogP contribution < -0.4 is 10.1 Å². The lowest BCUT2D eigenvalue weighted by atomic mass is 9.84. The molecule has 0 atom stereocenters. The molecule has 0 aliphatic carbocycles. The molecular formula is C16H26N2O3. The first kappa shape index (κ1) is 16.1. The first-order chi connectivity index (χ1) is 10.1. The molecule has 1 aliphatic rings. The maximum absolute atomic E-state index is 9.83. The Hall–Kier alpha value is -1.30. The largest absolute Gasteiger partial charge is 0.504 e. The van der Waals surface area contributed by atoms with Crippen LogP contribution in [-0.2, 0) is 6.54 Å². The van der Waals surface area contributed by atoms with E-state index in [1.807, 2.05) is 6.07 Å². The molecule has 0 radical (unpaired) electrons. The van der Waals surface area contributed by atoms with Crippen molar-refractivity contribution in [3.8, 4) is 11.5 Å². The van der Waals surface area contributed by atoms with Gasteiger partial charge in [-0.1, -0.05) is 6.07 Å². The van der Waals surface area contributed by atoms with E-state index in [-0.39, 0.29) is 17.9 Å². The van der Waals surface area contributed by atoms with Crippen molar-refractivity contribution in [3.63, 3.8) is 0 Å². The molecule has 1 aromatic carbocycles. The fourth-order valence-electron chi connectivity index (χ4n) is 2.91. The number of likely N-dealkylation sites (tertiary alicyclic amines) is 1. The highest BCUT2D eigenvalue weighted by atomic mass is 16.5. The normalized spacial score (nSPS) is 18.6. The lowest BCUT2D eigenvalue weighted by Crippen LogP contribution is -2.52. The highest BCUT2D eigenvalue weighted by molar-refractivity contribution is 5.41. The van der Waals surface area contributed by atoms with Crippen LogP contribution >= 0.6 is 0 Å². The second-order valence-corrected chi connectivity index (χ2v) is 5.92. The van der Waals surface area contributed by atoms with Crippen LogP contribution in [0, 0.1) is 0 Å². The molecule has 0 saturated carbocycles. The zero-order chi connectivity index (χ0) is 15.3. The minimum Gasteiger partial charge on any atom is -0.504 e. The molecule has 1 fully saturated rings. The predicted octanol–water partition coefficient (Wildman–Crippen LogP) is 1.34. The molecule has 5 nitrogen and oxygen atoms in total. The molecule has 21 heavy (non-hydrogen) atoms. The van der Waals surface area contributed by atoms with Crippen molar-refractivity contribution in [1.82, 2.24) is 10.2 Å². The van der Waals surface area contributed by atoms with Gasteiger partial charge in [-0.3, -0.25) is 0 Å². The van der Waals surface area contributed by atoms with Gasteiger partial charge in [-0.15, -0.1) is 0 Å². The predicted molar refractivity (Wildman–Crippen MR) is 82.7 cm³/mol. The first-order valence-electron chi connectivity index (χ1n) is 7.49. The number of rotatable bonds is 6. The van der Waals surface area contributed by atoms with Crippen molar-refractivity contribution in [3.05, 3.63) is 23.8 Å². The van der Waals surface area contributed by atoms with Gasteiger partial charge in [-0.25, -0.2) is 0 Å². The van der Waals surface area contributed by atoms with Gasteiger partial charge in [0.25, 0.3) is 0 Å². The number of benzene rings is 1. The highest BCUT2D eigenvalue weighted by Crippen LogP contribution is 2.28. The summed E-state index contributed by atoms with van der Waals surface area (Å²) in [5, 5.41) is 22.8. The monoisotopic (exact) mass is 294 g/mol. The molecule has 1 aliphatic heterocycles. The number of hydrogen-bond acceptors (Lipinski definition) is 5. The summed E-state index contributed by atoms with van der Waals surface area (Å²) in [6.45, 7) is 2.97. The third kappa shape index (κ3) is 4.09. The Bertz CT molecular complexity index is 457. The molecular weight excluding hydrogens is 268 g/mol. The molecule has 1 aromatic rings. The van der Waals surface area contributed by atoms with Crippen LogP contribution in [0.15, 0.2) is 18.2 Å². The third-order valence-electron chi connectivity index (χ3n) is 4.45. The van der Waals surface area contributed by atoms with Crippen molar-refractivity contribution in [2.75, 3.05) is 33.9 Å². The number of aromatic hydroxyl groups is 1. The summed E-state index contributed by atoms with van der Waals surface area (Å²) in [6.07, 6.45) is 2.83. The van der Waals surface area contributed by atoms with Gasteiger partial charge in [0, 0.05) is 18.7 Å². The van der Waals surface area contributed by atoms with E-state index in [2.05, 4.69) is 17.3 Å². The van der Waals surface area contributed by atoms with Crippen molar-refractivity contribution in [1.29, 1.82) is 0 Å². The lowest BCUT2D eigenvalue weighted by molar-refractivity contribution is 0.121. The maximum Gasteiger partial charge on any atom is 0.160 e. The van der Waals surface area contributed by atoms with Crippen LogP contribution in [0.25, 0.3) is 0 Å². The SMILES string of the molecule is COc1ccc(CNC2(CCO)CCN(C)CC2)cc1O. The van der Waals surface area contributed by atoms with E-state index in [1.165, 1.54) is 0 Å². The first-order valence-corrected chi connectivity index (χ1v) is 7.49. The van der Waals surface area contributed by atoms with Gasteiger partial charge >= 0.3 is 0 Å². The van der Waals surface area contributed by atoms with E-state index in [1.54, 1.807) is 19.2 Å². The van der Waals surface area contributed by atoms with E-state index in [4.69, 9.17) is 4.74 Å². The molecule has 0 unspecified atom stereocenters. The number of methoxy groups -OCH3 is 1. The van der Waals surface area contributed by atoms with Crippen LogP contribution in [0.5, 0.6) is 11.5 Å². The molecule has 2 rings (SSSR count). The van der Waals surface area contributed by atoms with Gasteiger partial charge in [-0.05, 0) is 57.1 Å². The van der Waals surface area contributed by atoms with Gasteiger partial charge in [-0.2, -0.15) is 0 Å². The van der Waals surface area contributed by atoms with Gasteiger partial charge in [0.05, 0.1) is 7.11 Å².